The number of amides is 1. The summed E-state index contributed by atoms with van der Waals surface area (Å²) in [6.07, 6.45) is 0.994. The second-order valence-electron chi connectivity index (χ2n) is 4.74. The van der Waals surface area contributed by atoms with Gasteiger partial charge < -0.3 is 15.8 Å². The fraction of sp³-hybridized carbons (Fsp3) is 0.900. The highest BCUT2D eigenvalue weighted by molar-refractivity contribution is 7.91. The Hall–Kier alpha value is -0.660. The van der Waals surface area contributed by atoms with E-state index in [1.54, 1.807) is 0 Å². The Bertz CT molecular complexity index is 381. The summed E-state index contributed by atoms with van der Waals surface area (Å²) in [4.78, 5) is 11.9. The average molecular weight is 262 g/mol. The lowest BCUT2D eigenvalue weighted by Crippen LogP contribution is -2.47. The van der Waals surface area contributed by atoms with Crippen LogP contribution >= 0.6 is 0 Å². The van der Waals surface area contributed by atoms with Crippen molar-refractivity contribution >= 4 is 15.7 Å². The first-order valence-corrected chi connectivity index (χ1v) is 7.64. The number of carbonyl (C=O) groups excluding carboxylic acids is 1. The van der Waals surface area contributed by atoms with Crippen LogP contribution in [0.5, 0.6) is 0 Å². The Morgan fingerprint density at radius 2 is 1.88 bits per heavy atom. The topological polar surface area (TPSA) is 98.5 Å². The van der Waals surface area contributed by atoms with E-state index >= 15 is 0 Å². The fourth-order valence-corrected chi connectivity index (χ4v) is 3.67. The number of rotatable bonds is 2. The molecule has 1 amide bonds. The number of ether oxygens (including phenoxy) is 1. The zero-order chi connectivity index (χ0) is 12.5. The van der Waals surface area contributed by atoms with Crippen LogP contribution in [0.3, 0.4) is 0 Å². The predicted octanol–water partition coefficient (Wildman–Crippen LogP) is -1.35. The van der Waals surface area contributed by atoms with E-state index in [2.05, 4.69) is 5.32 Å². The minimum absolute atomic E-state index is 0.0428. The van der Waals surface area contributed by atoms with E-state index < -0.39 is 9.84 Å². The second kappa shape index (κ2) is 4.91. The van der Waals surface area contributed by atoms with Crippen LogP contribution in [0.15, 0.2) is 0 Å². The van der Waals surface area contributed by atoms with E-state index in [-0.39, 0.29) is 35.4 Å². The largest absolute Gasteiger partial charge is 0.379 e. The minimum Gasteiger partial charge on any atom is -0.379 e. The van der Waals surface area contributed by atoms with Gasteiger partial charge in [-0.05, 0) is 12.8 Å². The summed E-state index contributed by atoms with van der Waals surface area (Å²) in [5.41, 5.74) is 5.75. The van der Waals surface area contributed by atoms with Gasteiger partial charge in [-0.3, -0.25) is 4.79 Å². The molecule has 17 heavy (non-hydrogen) atoms. The van der Waals surface area contributed by atoms with Crippen molar-refractivity contribution in [2.45, 2.75) is 24.9 Å². The summed E-state index contributed by atoms with van der Waals surface area (Å²) >= 11 is 0. The lowest BCUT2D eigenvalue weighted by molar-refractivity contribution is -0.126. The van der Waals surface area contributed by atoms with Crippen LogP contribution in [-0.2, 0) is 19.4 Å². The van der Waals surface area contributed by atoms with Gasteiger partial charge in [0.25, 0.3) is 0 Å². The van der Waals surface area contributed by atoms with Crippen molar-refractivity contribution in [2.24, 2.45) is 11.7 Å². The number of carbonyl (C=O) groups is 1. The Kier molecular flexibility index (Phi) is 3.70. The summed E-state index contributed by atoms with van der Waals surface area (Å²) in [6.45, 7) is 0.773. The SMILES string of the molecule is NC1COCC1C(=O)NC1CCS(=O)(=O)CC1. The summed E-state index contributed by atoms with van der Waals surface area (Å²) in [7, 11) is -2.88. The molecule has 0 radical (unpaired) electrons. The number of sulfone groups is 1. The van der Waals surface area contributed by atoms with Crippen molar-refractivity contribution in [3.05, 3.63) is 0 Å². The Morgan fingerprint density at radius 1 is 1.24 bits per heavy atom. The lowest BCUT2D eigenvalue weighted by Gasteiger charge is -2.25. The maximum absolute atomic E-state index is 11.9. The molecule has 2 heterocycles. The van der Waals surface area contributed by atoms with Crippen LogP contribution in [0.4, 0.5) is 0 Å². The minimum atomic E-state index is -2.88. The summed E-state index contributed by atoms with van der Waals surface area (Å²) in [5.74, 6) is -0.0936. The lowest BCUT2D eigenvalue weighted by atomic mass is 10.0. The molecule has 7 heteroatoms. The van der Waals surface area contributed by atoms with Crippen molar-refractivity contribution in [3.63, 3.8) is 0 Å². The van der Waals surface area contributed by atoms with Gasteiger partial charge in [0.05, 0.1) is 30.6 Å². The molecule has 0 aromatic carbocycles. The third-order valence-corrected chi connectivity index (χ3v) is 5.08. The average Bonchev–Trinajstić information content (AvgIpc) is 2.68. The molecule has 2 atom stereocenters. The number of hydrogen-bond acceptors (Lipinski definition) is 5. The third kappa shape index (κ3) is 3.17. The molecular weight excluding hydrogens is 244 g/mol. The van der Waals surface area contributed by atoms with Crippen LogP contribution in [0.2, 0.25) is 0 Å². The van der Waals surface area contributed by atoms with Crippen LogP contribution in [0, 0.1) is 5.92 Å². The van der Waals surface area contributed by atoms with Gasteiger partial charge >= 0.3 is 0 Å². The highest BCUT2D eigenvalue weighted by atomic mass is 32.2. The highest BCUT2D eigenvalue weighted by Gasteiger charge is 2.33. The maximum Gasteiger partial charge on any atom is 0.227 e. The van der Waals surface area contributed by atoms with Crippen molar-refractivity contribution in [1.29, 1.82) is 0 Å². The summed E-state index contributed by atoms with van der Waals surface area (Å²) in [5, 5.41) is 2.87. The number of nitrogens with one attached hydrogen (secondary N) is 1. The van der Waals surface area contributed by atoms with E-state index in [0.717, 1.165) is 0 Å². The molecule has 0 bridgehead atoms. The van der Waals surface area contributed by atoms with Crippen molar-refractivity contribution in [1.82, 2.24) is 5.32 Å². The molecule has 2 rings (SSSR count). The predicted molar refractivity (Wildman–Crippen MR) is 62.1 cm³/mol. The van der Waals surface area contributed by atoms with Crippen molar-refractivity contribution in [2.75, 3.05) is 24.7 Å². The van der Waals surface area contributed by atoms with Gasteiger partial charge in [0.1, 0.15) is 9.84 Å². The first-order valence-electron chi connectivity index (χ1n) is 5.82. The van der Waals surface area contributed by atoms with Crippen LogP contribution in [-0.4, -0.2) is 51.1 Å². The molecule has 0 aromatic heterocycles. The van der Waals surface area contributed by atoms with Crippen LogP contribution in [0.25, 0.3) is 0 Å². The van der Waals surface area contributed by atoms with Crippen LogP contribution < -0.4 is 11.1 Å². The van der Waals surface area contributed by atoms with Gasteiger partial charge in [-0.1, -0.05) is 0 Å². The van der Waals surface area contributed by atoms with E-state index in [0.29, 0.717) is 26.1 Å². The molecule has 2 aliphatic rings. The molecular formula is C10H18N2O4S. The molecule has 98 valence electrons. The first kappa shape index (κ1) is 12.8. The molecule has 0 saturated carbocycles. The number of nitrogens with two attached hydrogens (primary N) is 1. The van der Waals surface area contributed by atoms with E-state index in [1.807, 2.05) is 0 Å². The van der Waals surface area contributed by atoms with E-state index in [1.165, 1.54) is 0 Å². The fourth-order valence-electron chi connectivity index (χ4n) is 2.18. The molecule has 6 nitrogen and oxygen atoms in total. The quantitative estimate of drug-likeness (QED) is 0.641. The Morgan fingerprint density at radius 3 is 2.41 bits per heavy atom. The summed E-state index contributed by atoms with van der Waals surface area (Å²) in [6, 6.07) is -0.291. The Labute approximate surface area is 101 Å². The van der Waals surface area contributed by atoms with Gasteiger partial charge in [-0.25, -0.2) is 8.42 Å². The van der Waals surface area contributed by atoms with Gasteiger partial charge in [-0.15, -0.1) is 0 Å². The molecule has 2 aliphatic heterocycles. The van der Waals surface area contributed by atoms with E-state index in [4.69, 9.17) is 10.5 Å². The van der Waals surface area contributed by atoms with Crippen LogP contribution in [0.1, 0.15) is 12.8 Å². The highest BCUT2D eigenvalue weighted by Crippen LogP contribution is 2.15. The smallest absolute Gasteiger partial charge is 0.227 e. The maximum atomic E-state index is 11.9. The second-order valence-corrected chi connectivity index (χ2v) is 7.05. The summed E-state index contributed by atoms with van der Waals surface area (Å²) < 4.78 is 27.6. The van der Waals surface area contributed by atoms with Gasteiger partial charge in [-0.2, -0.15) is 0 Å². The van der Waals surface area contributed by atoms with Crippen molar-refractivity contribution in [3.8, 4) is 0 Å². The first-order chi connectivity index (χ1) is 7.98. The third-order valence-electron chi connectivity index (χ3n) is 3.36. The van der Waals surface area contributed by atoms with Crippen molar-refractivity contribution < 1.29 is 17.9 Å². The van der Waals surface area contributed by atoms with Gasteiger partial charge in [0.15, 0.2) is 0 Å². The normalized spacial score (nSPS) is 33.5. The molecule has 2 unspecified atom stereocenters. The molecule has 2 saturated heterocycles. The van der Waals surface area contributed by atoms with Gasteiger partial charge in [0.2, 0.25) is 5.91 Å². The molecule has 0 aromatic rings. The van der Waals surface area contributed by atoms with E-state index in [9.17, 15) is 13.2 Å². The molecule has 0 spiro atoms. The molecule has 2 fully saturated rings. The molecule has 3 N–H and O–H groups in total. The zero-order valence-electron chi connectivity index (χ0n) is 9.59. The van der Waals surface area contributed by atoms with Gasteiger partial charge in [0, 0.05) is 12.1 Å². The Balaban J connectivity index is 1.84. The standard InChI is InChI=1S/C10H18N2O4S/c11-9-6-16-5-8(9)10(13)12-7-1-3-17(14,15)4-2-7/h7-9H,1-6,11H2,(H,12,13). The molecule has 0 aliphatic carbocycles. The number of hydrogen-bond donors (Lipinski definition) is 2. The monoisotopic (exact) mass is 262 g/mol. The zero-order valence-corrected chi connectivity index (χ0v) is 10.4.